The van der Waals surface area contributed by atoms with Crippen molar-refractivity contribution < 1.29 is 34.4 Å². The Morgan fingerprint density at radius 3 is 1.71 bits per heavy atom. The molecule has 0 radical (unpaired) electrons. The van der Waals surface area contributed by atoms with Gasteiger partial charge in [0.05, 0.1) is 49.2 Å². The second-order valence-corrected chi connectivity index (χ2v) is 24.6. The molecule has 3 amide bonds. The van der Waals surface area contributed by atoms with E-state index in [0.717, 1.165) is 94.7 Å². The highest BCUT2D eigenvalue weighted by atomic mass is 16.5. The number of benzene rings is 4. The first-order valence-electron chi connectivity index (χ1n) is 30.6. The molecule has 4 aromatic carbocycles. The molecule has 440 valence electrons. The van der Waals surface area contributed by atoms with Crippen molar-refractivity contribution in [1.29, 1.82) is 0 Å². The Bertz CT molecular complexity index is 3030. The van der Waals surface area contributed by atoms with Crippen LogP contribution in [0, 0.1) is 0 Å². The number of aliphatic hydroxyl groups excluding tert-OH is 3. The average Bonchev–Trinajstić information content (AvgIpc) is 3.59. The largest absolute Gasteiger partial charge is 0.390 e. The van der Waals surface area contributed by atoms with E-state index in [4.69, 9.17) is 4.74 Å². The zero-order chi connectivity index (χ0) is 56.8. The van der Waals surface area contributed by atoms with Crippen LogP contribution in [0.4, 0.5) is 0 Å². The molecule has 0 bridgehead atoms. The quantitative estimate of drug-likeness (QED) is 0.110. The molecule has 4 saturated heterocycles. The maximum Gasteiger partial charge on any atom is 0.242 e. The van der Waals surface area contributed by atoms with E-state index in [0.29, 0.717) is 78.6 Å². The highest BCUT2D eigenvalue weighted by molar-refractivity contribution is 5.86. The normalized spacial score (nSPS) is 24.8. The molecule has 17 heteroatoms. The first-order valence-corrected chi connectivity index (χ1v) is 30.6. The van der Waals surface area contributed by atoms with Crippen LogP contribution in [0.25, 0.3) is 0 Å². The van der Waals surface area contributed by atoms with Gasteiger partial charge in [-0.1, -0.05) is 103 Å². The first-order chi connectivity index (χ1) is 40.5. The Kier molecular flexibility index (Phi) is 18.4. The van der Waals surface area contributed by atoms with Gasteiger partial charge in [0.15, 0.2) is 0 Å². The SMILES string of the molecule is O=C1CN(C2CCOC(c3cccc(CN4CCN(CC(O)CN5CCc6ccccc6C5)C(=O)C4C4CN(Cc5ccccn5)CC(=O)N4CC(O)CN4CCc5ccccc5C4)c3)C2)CCN1CC(O)CN1CCc2ccccc2C1. The maximum atomic E-state index is 15.6. The van der Waals surface area contributed by atoms with Crippen LogP contribution in [-0.2, 0) is 71.1 Å². The van der Waals surface area contributed by atoms with Crippen LogP contribution in [-0.4, -0.2) is 230 Å². The summed E-state index contributed by atoms with van der Waals surface area (Å²) in [5.74, 6) is -0.213. The number of carbonyl (C=O) groups is 3. The number of piperazine rings is 3. The van der Waals surface area contributed by atoms with Crippen LogP contribution in [0.5, 0.6) is 0 Å². The lowest BCUT2D eigenvalue weighted by Gasteiger charge is -2.51. The number of hydrogen-bond acceptors (Lipinski definition) is 14. The molecule has 1 aromatic heterocycles. The smallest absolute Gasteiger partial charge is 0.242 e. The minimum atomic E-state index is -0.853. The van der Waals surface area contributed by atoms with Crippen molar-refractivity contribution in [3.05, 3.63) is 172 Å². The Hall–Kier alpha value is -5.96. The molecule has 0 spiro atoms. The summed E-state index contributed by atoms with van der Waals surface area (Å²) in [5, 5.41) is 35.0. The number of fused-ring (bicyclic) bond motifs is 3. The number of ether oxygens (including phenoxy) is 1. The third-order valence-corrected chi connectivity index (χ3v) is 18.8. The zero-order valence-corrected chi connectivity index (χ0v) is 48.1. The van der Waals surface area contributed by atoms with Gasteiger partial charge in [-0.15, -0.1) is 0 Å². The lowest BCUT2D eigenvalue weighted by Crippen LogP contribution is -2.70. The van der Waals surface area contributed by atoms with Gasteiger partial charge in [0, 0.05) is 143 Å². The number of β-amino-alcohol motifs (C(OH)–C–C–N with tert-alkyl or cyclic N) is 3. The van der Waals surface area contributed by atoms with Gasteiger partial charge in [-0.05, 0) is 88.7 Å². The molecule has 5 aromatic rings. The minimum absolute atomic E-state index is 0.0527. The van der Waals surface area contributed by atoms with Crippen molar-refractivity contribution in [2.24, 2.45) is 0 Å². The van der Waals surface area contributed by atoms with Crippen molar-refractivity contribution in [1.82, 2.24) is 49.1 Å². The van der Waals surface area contributed by atoms with Gasteiger partial charge in [0.25, 0.3) is 0 Å². The van der Waals surface area contributed by atoms with Gasteiger partial charge >= 0.3 is 0 Å². The highest BCUT2D eigenvalue weighted by Gasteiger charge is 2.48. The molecular weight excluding hydrogens is 1040 g/mol. The summed E-state index contributed by atoms with van der Waals surface area (Å²) in [6, 6.07) is 38.5. The van der Waals surface area contributed by atoms with Crippen LogP contribution < -0.4 is 0 Å². The second kappa shape index (κ2) is 26.5. The molecular formula is C66H84N10O7. The molecule has 7 aliphatic heterocycles. The van der Waals surface area contributed by atoms with Crippen molar-refractivity contribution in [3.8, 4) is 0 Å². The third-order valence-electron chi connectivity index (χ3n) is 18.8. The number of aliphatic hydroxyl groups is 3. The van der Waals surface area contributed by atoms with E-state index in [-0.39, 0.29) is 49.5 Å². The van der Waals surface area contributed by atoms with Gasteiger partial charge in [0.2, 0.25) is 17.7 Å². The fraction of sp³-hybridized carbons (Fsp3) is 0.515. The summed E-state index contributed by atoms with van der Waals surface area (Å²) >= 11 is 0. The van der Waals surface area contributed by atoms with E-state index in [1.165, 1.54) is 33.4 Å². The van der Waals surface area contributed by atoms with Crippen LogP contribution in [0.1, 0.15) is 69.1 Å². The van der Waals surface area contributed by atoms with E-state index in [2.05, 4.69) is 131 Å². The summed E-state index contributed by atoms with van der Waals surface area (Å²) in [7, 11) is 0. The van der Waals surface area contributed by atoms with Gasteiger partial charge in [-0.25, -0.2) is 0 Å². The first kappa shape index (κ1) is 57.5. The van der Waals surface area contributed by atoms with E-state index in [1.54, 1.807) is 11.1 Å². The Morgan fingerprint density at radius 1 is 0.530 bits per heavy atom. The van der Waals surface area contributed by atoms with Crippen LogP contribution in [0.15, 0.2) is 121 Å². The molecule has 7 aliphatic rings. The molecule has 8 heterocycles. The number of carbonyl (C=O) groups excluding carboxylic acids is 3. The summed E-state index contributed by atoms with van der Waals surface area (Å²) in [6.07, 6.45) is 3.66. The number of amides is 3. The summed E-state index contributed by atoms with van der Waals surface area (Å²) in [6.45, 7) is 11.3. The van der Waals surface area contributed by atoms with Crippen LogP contribution in [0.3, 0.4) is 0 Å². The van der Waals surface area contributed by atoms with Crippen molar-refractivity contribution in [2.75, 3.05) is 111 Å². The number of hydrogen-bond donors (Lipinski definition) is 3. The number of pyridine rings is 1. The summed E-state index contributed by atoms with van der Waals surface area (Å²) in [4.78, 5) is 67.7. The van der Waals surface area contributed by atoms with E-state index >= 15 is 4.79 Å². The molecule has 83 heavy (non-hydrogen) atoms. The van der Waals surface area contributed by atoms with Crippen molar-refractivity contribution in [2.45, 2.75) is 107 Å². The number of nitrogens with zero attached hydrogens (tertiary/aromatic N) is 10. The van der Waals surface area contributed by atoms with E-state index in [9.17, 15) is 24.9 Å². The minimum Gasteiger partial charge on any atom is -0.390 e. The van der Waals surface area contributed by atoms with E-state index < -0.39 is 30.4 Å². The topological polar surface area (TPSA) is 163 Å². The summed E-state index contributed by atoms with van der Waals surface area (Å²) < 4.78 is 6.53. The van der Waals surface area contributed by atoms with E-state index in [1.807, 2.05) is 28.0 Å². The predicted octanol–water partition coefficient (Wildman–Crippen LogP) is 3.43. The van der Waals surface area contributed by atoms with Gasteiger partial charge in [0.1, 0.15) is 6.04 Å². The zero-order valence-electron chi connectivity index (χ0n) is 48.1. The monoisotopic (exact) mass is 1130 g/mol. The molecule has 4 fully saturated rings. The molecule has 17 nitrogen and oxygen atoms in total. The summed E-state index contributed by atoms with van der Waals surface area (Å²) in [5.41, 5.74) is 10.8. The fourth-order valence-electron chi connectivity index (χ4n) is 14.5. The molecule has 0 aliphatic carbocycles. The molecule has 0 saturated carbocycles. The van der Waals surface area contributed by atoms with Crippen molar-refractivity contribution >= 4 is 17.7 Å². The van der Waals surface area contributed by atoms with Gasteiger partial charge < -0.3 is 34.8 Å². The Balaban J connectivity index is 0.744. The Morgan fingerprint density at radius 2 is 1.11 bits per heavy atom. The lowest BCUT2D eigenvalue weighted by atomic mass is 9.93. The molecule has 7 atom stereocenters. The predicted molar refractivity (Wildman–Crippen MR) is 316 cm³/mol. The third kappa shape index (κ3) is 14.1. The van der Waals surface area contributed by atoms with Gasteiger partial charge in [-0.3, -0.25) is 48.8 Å². The molecule has 7 unspecified atom stereocenters. The second-order valence-electron chi connectivity index (χ2n) is 24.6. The highest BCUT2D eigenvalue weighted by Crippen LogP contribution is 2.34. The van der Waals surface area contributed by atoms with Crippen LogP contribution >= 0.6 is 0 Å². The number of aromatic nitrogens is 1. The molecule has 12 rings (SSSR count). The molecule has 3 N–H and O–H groups in total. The average molecular weight is 1130 g/mol. The maximum absolute atomic E-state index is 15.6. The standard InChI is InChI=1S/C66H84N10O7/c77-58(39-68-24-19-49-11-1-4-14-53(49)35-68)42-73-28-27-72(47-63(73)80)57-22-31-83-62(33-57)52-17-9-10-48(32-52)34-74-29-30-75(43-59(78)40-69-25-20-50-12-2-5-15-54(50)36-69)66(82)65(74)61-45-71(38-56-18-7-8-23-67-56)46-64(81)76(61)44-60(79)41-70-26-21-51-13-3-6-16-55(51)37-70/h1-18,23,32,57-62,65,77-79H,19-22,24-31,33-47H2. The van der Waals surface area contributed by atoms with Crippen LogP contribution in [0.2, 0.25) is 0 Å². The Labute approximate surface area is 489 Å². The number of rotatable bonds is 19. The fourth-order valence-corrected chi connectivity index (χ4v) is 14.5. The van der Waals surface area contributed by atoms with Crippen molar-refractivity contribution in [3.63, 3.8) is 0 Å². The van der Waals surface area contributed by atoms with Gasteiger partial charge in [-0.2, -0.15) is 0 Å². The lowest BCUT2D eigenvalue weighted by molar-refractivity contribution is -0.157.